The average Bonchev–Trinajstić information content (AvgIpc) is 3.78. The van der Waals surface area contributed by atoms with Crippen molar-refractivity contribution >= 4 is 11.0 Å². The number of nitrogens with one attached hydrogen (secondary N) is 4. The summed E-state index contributed by atoms with van der Waals surface area (Å²) in [6, 6.07) is 15.6. The molecular weight excluding hydrogens is 518 g/mol. The van der Waals surface area contributed by atoms with Crippen molar-refractivity contribution in [2.75, 3.05) is 0 Å². The second-order valence-corrected chi connectivity index (χ2v) is 8.61. The fourth-order valence-electron chi connectivity index (χ4n) is 3.91. The molecule has 0 atom stereocenters. The van der Waals surface area contributed by atoms with E-state index in [2.05, 4.69) is 31.7 Å². The van der Waals surface area contributed by atoms with Crippen molar-refractivity contribution in [1.82, 2.24) is 31.7 Å². The van der Waals surface area contributed by atoms with Gasteiger partial charge in [-0.25, -0.2) is 31.7 Å². The van der Waals surface area contributed by atoms with Crippen LogP contribution in [0.2, 0.25) is 0 Å². The molecule has 0 saturated carbocycles. The molecule has 196 valence electrons. The quantitative estimate of drug-likeness (QED) is 0.204. The number of benzene rings is 3. The molecule has 3 heterocycles. The second-order valence-electron chi connectivity index (χ2n) is 8.61. The molecule has 4 aromatic rings. The van der Waals surface area contributed by atoms with Crippen LogP contribution >= 0.6 is 0 Å². The van der Waals surface area contributed by atoms with E-state index in [4.69, 9.17) is 9.47 Å². The lowest BCUT2D eigenvalue weighted by atomic mass is 10.0. The normalized spacial score (nSPS) is 17.7. The standard InChI is InChI=1S/C24H16F6N6O2/c25-23(26,27)21(33-34-21)13-1-5-15(6-2-13)37-17-9-10-18-19(11-17)32-20(12-31-18)38-16-7-3-14(4-8-16)22(35-36-22)24(28,29)30/h1-12,33-36H. The van der Waals surface area contributed by atoms with Crippen LogP contribution in [-0.4, -0.2) is 22.3 Å². The van der Waals surface area contributed by atoms with Gasteiger partial charge in [-0.15, -0.1) is 0 Å². The zero-order valence-corrected chi connectivity index (χ0v) is 18.9. The maximum Gasteiger partial charge on any atom is 0.426 e. The molecule has 4 N–H and O–H groups in total. The first-order valence-corrected chi connectivity index (χ1v) is 11.0. The molecule has 2 aliphatic rings. The van der Waals surface area contributed by atoms with Gasteiger partial charge < -0.3 is 9.47 Å². The van der Waals surface area contributed by atoms with Crippen LogP contribution in [0.4, 0.5) is 26.3 Å². The smallest absolute Gasteiger partial charge is 0.426 e. The fourth-order valence-corrected chi connectivity index (χ4v) is 3.91. The third kappa shape index (κ3) is 4.16. The van der Waals surface area contributed by atoms with Gasteiger partial charge in [-0.3, -0.25) is 0 Å². The SMILES string of the molecule is FC(F)(F)C1(c2ccc(Oc3ccc4ncc(Oc5ccc(C6(C(F)(F)F)NN6)cc5)nc4c3)cc2)NN1. The minimum atomic E-state index is -4.52. The lowest BCUT2D eigenvalue weighted by Gasteiger charge is -2.16. The van der Waals surface area contributed by atoms with E-state index < -0.39 is 23.7 Å². The highest BCUT2D eigenvalue weighted by Crippen LogP contribution is 2.43. The maximum absolute atomic E-state index is 13.2. The molecule has 0 radical (unpaired) electrons. The van der Waals surface area contributed by atoms with E-state index in [0.29, 0.717) is 22.5 Å². The van der Waals surface area contributed by atoms with Crippen molar-refractivity contribution in [2.45, 2.75) is 23.7 Å². The van der Waals surface area contributed by atoms with Gasteiger partial charge in [-0.1, -0.05) is 24.3 Å². The van der Waals surface area contributed by atoms with Crippen LogP contribution in [0.1, 0.15) is 11.1 Å². The van der Waals surface area contributed by atoms with Gasteiger partial charge in [0.25, 0.3) is 0 Å². The van der Waals surface area contributed by atoms with Crippen molar-refractivity contribution in [1.29, 1.82) is 0 Å². The molecule has 0 amide bonds. The number of aromatic nitrogens is 2. The second kappa shape index (κ2) is 8.26. The molecule has 0 bridgehead atoms. The van der Waals surface area contributed by atoms with Crippen LogP contribution in [0, 0.1) is 0 Å². The van der Waals surface area contributed by atoms with E-state index in [0.717, 1.165) is 0 Å². The third-order valence-corrected chi connectivity index (χ3v) is 6.12. The Labute approximate surface area is 209 Å². The van der Waals surface area contributed by atoms with Crippen molar-refractivity contribution in [3.63, 3.8) is 0 Å². The molecule has 1 aromatic heterocycles. The highest BCUT2D eigenvalue weighted by Gasteiger charge is 2.66. The van der Waals surface area contributed by atoms with E-state index in [1.165, 1.54) is 54.7 Å². The van der Waals surface area contributed by atoms with Gasteiger partial charge in [0.05, 0.1) is 17.2 Å². The van der Waals surface area contributed by atoms with Crippen LogP contribution in [0.3, 0.4) is 0 Å². The highest BCUT2D eigenvalue weighted by atomic mass is 19.4. The number of hydrazine groups is 2. The van der Waals surface area contributed by atoms with Gasteiger partial charge in [-0.05, 0) is 47.5 Å². The van der Waals surface area contributed by atoms with Crippen molar-refractivity contribution in [3.8, 4) is 23.1 Å². The predicted molar refractivity (Wildman–Crippen MR) is 121 cm³/mol. The Kier molecular flexibility index (Phi) is 5.30. The lowest BCUT2D eigenvalue weighted by Crippen LogP contribution is -2.34. The summed E-state index contributed by atoms with van der Waals surface area (Å²) in [5, 5.41) is 0. The summed E-state index contributed by atoms with van der Waals surface area (Å²) >= 11 is 0. The average molecular weight is 534 g/mol. The number of nitrogens with zero attached hydrogens (tertiary/aromatic N) is 2. The van der Waals surface area contributed by atoms with E-state index in [1.54, 1.807) is 18.2 Å². The van der Waals surface area contributed by atoms with E-state index >= 15 is 0 Å². The number of fused-ring (bicyclic) bond motifs is 1. The molecule has 3 aromatic carbocycles. The zero-order chi connectivity index (χ0) is 26.8. The molecule has 6 rings (SSSR count). The Morgan fingerprint density at radius 1 is 0.579 bits per heavy atom. The minimum Gasteiger partial charge on any atom is -0.457 e. The molecule has 2 fully saturated rings. The molecule has 0 unspecified atom stereocenters. The summed E-state index contributed by atoms with van der Waals surface area (Å²) in [7, 11) is 0. The van der Waals surface area contributed by atoms with Crippen LogP contribution < -0.4 is 31.2 Å². The lowest BCUT2D eigenvalue weighted by molar-refractivity contribution is -0.166. The summed E-state index contributed by atoms with van der Waals surface area (Å²) in [5.41, 5.74) is 4.92. The molecule has 0 aliphatic carbocycles. The first kappa shape index (κ1) is 24.4. The maximum atomic E-state index is 13.2. The largest absolute Gasteiger partial charge is 0.457 e. The summed E-state index contributed by atoms with van der Waals surface area (Å²) in [4.78, 5) is 8.63. The first-order valence-electron chi connectivity index (χ1n) is 11.0. The van der Waals surface area contributed by atoms with E-state index in [9.17, 15) is 26.3 Å². The van der Waals surface area contributed by atoms with Crippen molar-refractivity contribution in [3.05, 3.63) is 84.1 Å². The zero-order valence-electron chi connectivity index (χ0n) is 18.9. The number of halogens is 6. The van der Waals surface area contributed by atoms with Crippen molar-refractivity contribution in [2.24, 2.45) is 0 Å². The van der Waals surface area contributed by atoms with Gasteiger partial charge in [0.2, 0.25) is 17.2 Å². The van der Waals surface area contributed by atoms with E-state index in [-0.39, 0.29) is 22.8 Å². The van der Waals surface area contributed by atoms with E-state index in [1.807, 2.05) is 0 Å². The molecule has 0 spiro atoms. The number of hydrogen-bond donors (Lipinski definition) is 4. The summed E-state index contributed by atoms with van der Waals surface area (Å²) < 4.78 is 90.8. The number of alkyl halides is 6. The van der Waals surface area contributed by atoms with Gasteiger partial charge in [0.1, 0.15) is 17.2 Å². The highest BCUT2D eigenvalue weighted by molar-refractivity contribution is 5.76. The predicted octanol–water partition coefficient (Wildman–Crippen LogP) is 4.86. The molecule has 14 heteroatoms. The number of hydrogen-bond acceptors (Lipinski definition) is 8. The Morgan fingerprint density at radius 3 is 1.53 bits per heavy atom. The van der Waals surface area contributed by atoms with Gasteiger partial charge in [0.15, 0.2) is 0 Å². The monoisotopic (exact) mass is 534 g/mol. The van der Waals surface area contributed by atoms with Gasteiger partial charge in [0, 0.05) is 6.07 Å². The minimum absolute atomic E-state index is 0.00483. The van der Waals surface area contributed by atoms with Crippen LogP contribution in [-0.2, 0) is 11.3 Å². The van der Waals surface area contributed by atoms with Gasteiger partial charge in [-0.2, -0.15) is 26.3 Å². The topological polar surface area (TPSA) is 132 Å². The van der Waals surface area contributed by atoms with Crippen LogP contribution in [0.5, 0.6) is 23.1 Å². The Morgan fingerprint density at radius 2 is 1.05 bits per heavy atom. The summed E-state index contributed by atoms with van der Waals surface area (Å²) in [6.45, 7) is 0. The molecule has 2 aliphatic heterocycles. The molecule has 8 nitrogen and oxygen atoms in total. The number of ether oxygens (including phenoxy) is 2. The summed E-state index contributed by atoms with van der Waals surface area (Å²) in [6.07, 6.45) is -7.66. The fraction of sp³-hybridized carbons (Fsp3) is 0.167. The van der Waals surface area contributed by atoms with Crippen LogP contribution in [0.25, 0.3) is 11.0 Å². The van der Waals surface area contributed by atoms with Crippen molar-refractivity contribution < 1.29 is 35.8 Å². The Balaban J connectivity index is 1.17. The number of rotatable bonds is 6. The molecular formula is C24H16F6N6O2. The Bertz CT molecular complexity index is 1390. The first-order chi connectivity index (χ1) is 18.0. The molecule has 38 heavy (non-hydrogen) atoms. The summed E-state index contributed by atoms with van der Waals surface area (Å²) in [5.74, 6) is 1.02. The molecule has 2 saturated heterocycles. The van der Waals surface area contributed by atoms with Crippen LogP contribution in [0.15, 0.2) is 72.9 Å². The van der Waals surface area contributed by atoms with Gasteiger partial charge >= 0.3 is 12.4 Å². The third-order valence-electron chi connectivity index (χ3n) is 6.12. The Hall–Kier alpha value is -3.98.